The van der Waals surface area contributed by atoms with Crippen molar-refractivity contribution in [2.75, 3.05) is 19.6 Å². The van der Waals surface area contributed by atoms with Gasteiger partial charge < -0.3 is 10.6 Å². The van der Waals surface area contributed by atoms with Crippen LogP contribution in [0.3, 0.4) is 0 Å². The van der Waals surface area contributed by atoms with Crippen LogP contribution in [0.2, 0.25) is 5.02 Å². The third kappa shape index (κ3) is 5.21. The summed E-state index contributed by atoms with van der Waals surface area (Å²) in [5.74, 6) is -0.194. The van der Waals surface area contributed by atoms with Gasteiger partial charge in [-0.3, -0.25) is 4.79 Å². The Kier molecular flexibility index (Phi) is 7.51. The average Bonchev–Trinajstić information content (AvgIpc) is 2.77. The van der Waals surface area contributed by atoms with Gasteiger partial charge >= 0.3 is 6.03 Å². The van der Waals surface area contributed by atoms with Gasteiger partial charge in [0, 0.05) is 17.1 Å². The molecule has 0 saturated carbocycles. The summed E-state index contributed by atoms with van der Waals surface area (Å²) in [4.78, 5) is 26.0. The van der Waals surface area contributed by atoms with Crippen LogP contribution in [0.25, 0.3) is 0 Å². The van der Waals surface area contributed by atoms with Crippen LogP contribution >= 0.6 is 11.6 Å². The topological polar surface area (TPSA) is 58.2 Å². The molecule has 1 aliphatic heterocycles. The first kappa shape index (κ1) is 22.3. The minimum atomic E-state index is -0.324. The molecule has 2 aromatic carbocycles. The van der Waals surface area contributed by atoms with Gasteiger partial charge in [0.25, 0.3) is 5.91 Å². The smallest absolute Gasteiger partial charge is 0.343 e. The van der Waals surface area contributed by atoms with E-state index in [1.807, 2.05) is 30.3 Å². The molecule has 5 nitrogen and oxygen atoms in total. The fraction of sp³-hybridized carbons (Fsp3) is 0.417. The molecule has 30 heavy (non-hydrogen) atoms. The van der Waals surface area contributed by atoms with Gasteiger partial charge in [-0.1, -0.05) is 41.9 Å². The number of nitrogens with zero attached hydrogens (tertiary/aromatic N) is 1. The van der Waals surface area contributed by atoms with Crippen LogP contribution in [0.1, 0.15) is 55.1 Å². The van der Waals surface area contributed by atoms with Crippen LogP contribution in [0.15, 0.2) is 54.6 Å². The first-order valence-corrected chi connectivity index (χ1v) is 11.1. The van der Waals surface area contributed by atoms with Gasteiger partial charge in [-0.05, 0) is 62.9 Å². The van der Waals surface area contributed by atoms with Crippen molar-refractivity contribution in [1.82, 2.24) is 10.6 Å². The highest BCUT2D eigenvalue weighted by atomic mass is 35.5. The third-order valence-electron chi connectivity index (χ3n) is 6.08. The van der Waals surface area contributed by atoms with Crippen LogP contribution in [-0.4, -0.2) is 42.1 Å². The van der Waals surface area contributed by atoms with Crippen molar-refractivity contribution in [3.05, 3.63) is 70.7 Å². The standard InChI is InChI=1S/C24H30ClN3O2/c1-18(2)28(15-7-4-8-16-28)24(30)26-17-22(19-9-5-3-6-10-19)27-23(29)20-11-13-21(25)14-12-20/h3,5-6,9-14,18,22H,4,7-8,15-17H2,1-2H3,(H-,26,27,29,30)/p+1/t22-/m0/s1. The SMILES string of the molecule is CC(C)[N+]1(C(=O)NC[C@H](NC(=O)c2ccc(Cl)cc2)c2ccccc2)CCCCC1. The molecule has 0 spiro atoms. The summed E-state index contributed by atoms with van der Waals surface area (Å²) in [6, 6.07) is 16.5. The molecule has 1 heterocycles. The van der Waals surface area contributed by atoms with E-state index in [1.54, 1.807) is 24.3 Å². The highest BCUT2D eigenvalue weighted by Crippen LogP contribution is 2.24. The molecule has 1 fully saturated rings. The maximum Gasteiger partial charge on any atom is 0.416 e. The summed E-state index contributed by atoms with van der Waals surface area (Å²) in [7, 11) is 0. The van der Waals surface area contributed by atoms with E-state index in [1.165, 1.54) is 6.42 Å². The fourth-order valence-electron chi connectivity index (χ4n) is 4.16. The van der Waals surface area contributed by atoms with Crippen LogP contribution in [0.5, 0.6) is 0 Å². The molecular formula is C24H31ClN3O2+. The van der Waals surface area contributed by atoms with Gasteiger partial charge in [-0.25, -0.2) is 9.28 Å². The number of nitrogens with one attached hydrogen (secondary N) is 2. The lowest BCUT2D eigenvalue weighted by molar-refractivity contribution is -0.876. The van der Waals surface area contributed by atoms with Crippen LogP contribution in [0, 0.1) is 0 Å². The van der Waals surface area contributed by atoms with E-state index in [4.69, 9.17) is 11.6 Å². The second-order valence-corrected chi connectivity index (χ2v) is 8.70. The number of quaternary nitrogens is 1. The summed E-state index contributed by atoms with van der Waals surface area (Å²) in [6.07, 6.45) is 3.33. The predicted octanol–water partition coefficient (Wildman–Crippen LogP) is 4.93. The molecule has 2 N–H and O–H groups in total. The molecule has 1 saturated heterocycles. The highest BCUT2D eigenvalue weighted by molar-refractivity contribution is 6.30. The van der Waals surface area contributed by atoms with Crippen molar-refractivity contribution >= 4 is 23.5 Å². The molecular weight excluding hydrogens is 398 g/mol. The normalized spacial score (nSPS) is 16.7. The van der Waals surface area contributed by atoms with Gasteiger partial charge in [0.05, 0.1) is 25.2 Å². The number of hydrogen-bond acceptors (Lipinski definition) is 2. The van der Waals surface area contributed by atoms with Crippen molar-refractivity contribution in [2.24, 2.45) is 0 Å². The third-order valence-corrected chi connectivity index (χ3v) is 6.33. The quantitative estimate of drug-likeness (QED) is 0.641. The van der Waals surface area contributed by atoms with E-state index in [-0.39, 0.29) is 24.0 Å². The van der Waals surface area contributed by atoms with E-state index < -0.39 is 0 Å². The Labute approximate surface area is 184 Å². The molecule has 160 valence electrons. The second kappa shape index (κ2) is 10.1. The van der Waals surface area contributed by atoms with E-state index >= 15 is 0 Å². The lowest BCUT2D eigenvalue weighted by Gasteiger charge is -2.42. The van der Waals surface area contributed by atoms with Crippen LogP contribution in [-0.2, 0) is 0 Å². The molecule has 0 unspecified atom stereocenters. The Morgan fingerprint density at radius 1 is 0.967 bits per heavy atom. The van der Waals surface area contributed by atoms with Crippen molar-refractivity contribution in [3.63, 3.8) is 0 Å². The summed E-state index contributed by atoms with van der Waals surface area (Å²) < 4.78 is 0.465. The molecule has 0 radical (unpaired) electrons. The summed E-state index contributed by atoms with van der Waals surface area (Å²) >= 11 is 5.93. The maximum atomic E-state index is 13.2. The maximum absolute atomic E-state index is 13.2. The lowest BCUT2D eigenvalue weighted by Crippen LogP contribution is -2.63. The van der Waals surface area contributed by atoms with Gasteiger partial charge in [0.15, 0.2) is 0 Å². The number of halogens is 1. The number of amides is 3. The van der Waals surface area contributed by atoms with Gasteiger partial charge in [0.1, 0.15) is 0 Å². The number of carbonyl (C=O) groups excluding carboxylic acids is 2. The zero-order chi connectivity index (χ0) is 21.6. The molecule has 1 aliphatic rings. The van der Waals surface area contributed by atoms with E-state index in [2.05, 4.69) is 24.5 Å². The first-order chi connectivity index (χ1) is 14.4. The van der Waals surface area contributed by atoms with Crippen molar-refractivity contribution in [1.29, 1.82) is 0 Å². The number of rotatable bonds is 6. The largest absolute Gasteiger partial charge is 0.416 e. The number of likely N-dealkylation sites (tertiary alicyclic amines) is 1. The lowest BCUT2D eigenvalue weighted by atomic mass is 10.0. The Hall–Kier alpha value is -2.37. The molecule has 2 aromatic rings. The Balaban J connectivity index is 1.74. The van der Waals surface area contributed by atoms with Gasteiger partial charge in [-0.15, -0.1) is 0 Å². The molecule has 0 bridgehead atoms. The van der Waals surface area contributed by atoms with Crippen LogP contribution < -0.4 is 10.6 Å². The second-order valence-electron chi connectivity index (χ2n) is 8.27. The van der Waals surface area contributed by atoms with Crippen molar-refractivity contribution < 1.29 is 14.1 Å². The Bertz CT molecular complexity index is 847. The van der Waals surface area contributed by atoms with Crippen molar-refractivity contribution in [3.8, 4) is 0 Å². The predicted molar refractivity (Wildman–Crippen MR) is 120 cm³/mol. The Morgan fingerprint density at radius 3 is 2.20 bits per heavy atom. The zero-order valence-corrected chi connectivity index (χ0v) is 18.5. The number of piperidine rings is 1. The van der Waals surface area contributed by atoms with Gasteiger partial charge in [0.2, 0.25) is 0 Å². The molecule has 3 amide bonds. The average molecular weight is 429 g/mol. The monoisotopic (exact) mass is 428 g/mol. The first-order valence-electron chi connectivity index (χ1n) is 10.7. The molecule has 0 aliphatic carbocycles. The number of hydrogen-bond donors (Lipinski definition) is 2. The van der Waals surface area contributed by atoms with E-state index in [9.17, 15) is 9.59 Å². The minimum Gasteiger partial charge on any atom is -0.343 e. The molecule has 1 atom stereocenters. The summed E-state index contributed by atoms with van der Waals surface area (Å²) in [5.41, 5.74) is 1.49. The highest BCUT2D eigenvalue weighted by Gasteiger charge is 2.41. The molecule has 0 aromatic heterocycles. The summed E-state index contributed by atoms with van der Waals surface area (Å²) in [5, 5.41) is 6.79. The van der Waals surface area contributed by atoms with E-state index in [0.29, 0.717) is 21.6 Å². The number of benzene rings is 2. The zero-order valence-electron chi connectivity index (χ0n) is 17.7. The fourth-order valence-corrected chi connectivity index (χ4v) is 4.28. The Morgan fingerprint density at radius 2 is 1.60 bits per heavy atom. The van der Waals surface area contributed by atoms with Crippen LogP contribution in [0.4, 0.5) is 4.79 Å². The van der Waals surface area contributed by atoms with E-state index in [0.717, 1.165) is 31.5 Å². The molecule has 6 heteroatoms. The molecule has 3 rings (SSSR count). The minimum absolute atomic E-state index is 0.0476. The van der Waals surface area contributed by atoms with Gasteiger partial charge in [-0.2, -0.15) is 0 Å². The van der Waals surface area contributed by atoms with Crippen molar-refractivity contribution in [2.45, 2.75) is 45.2 Å². The number of urea groups is 1. The number of carbonyl (C=O) groups is 2. The summed E-state index contributed by atoms with van der Waals surface area (Å²) in [6.45, 7) is 6.31.